The van der Waals surface area contributed by atoms with E-state index in [1.165, 1.54) is 0 Å². The van der Waals surface area contributed by atoms with Crippen LogP contribution in [0.5, 0.6) is 0 Å². The summed E-state index contributed by atoms with van der Waals surface area (Å²) in [5, 5.41) is 4.14. The lowest BCUT2D eigenvalue weighted by molar-refractivity contribution is -0.190. The Balaban J connectivity index is 2.43. The summed E-state index contributed by atoms with van der Waals surface area (Å²) in [4.78, 5) is 4.31. The third kappa shape index (κ3) is 3.49. The first-order chi connectivity index (χ1) is 7.31. The summed E-state index contributed by atoms with van der Waals surface area (Å²) in [5.41, 5.74) is 4.82. The molecule has 0 amide bonds. The van der Waals surface area contributed by atoms with E-state index in [0.717, 1.165) is 17.0 Å². The average Bonchev–Trinajstić information content (AvgIpc) is 2.36. The topological polar surface area (TPSA) is 39.1 Å². The van der Waals surface area contributed by atoms with Crippen LogP contribution in [0.25, 0.3) is 0 Å². The van der Waals surface area contributed by atoms with E-state index < -0.39 is 12.8 Å². The van der Waals surface area contributed by atoms with Crippen LogP contribution in [0.4, 0.5) is 13.2 Å². The maximum atomic E-state index is 11.8. The van der Waals surface area contributed by atoms with Gasteiger partial charge in [-0.3, -0.25) is 9.52 Å². The zero-order valence-electron chi connectivity index (χ0n) is 9.35. The van der Waals surface area contributed by atoms with Gasteiger partial charge in [0.25, 0.3) is 0 Å². The fourth-order valence-corrected chi connectivity index (χ4v) is 1.33. The molecule has 1 heterocycles. The number of nitrogens with zero attached hydrogens (tertiary/aromatic N) is 2. The Morgan fingerprint density at radius 3 is 2.44 bits per heavy atom. The largest absolute Gasteiger partial charge is 0.413 e. The monoisotopic (exact) mass is 237 g/mol. The summed E-state index contributed by atoms with van der Waals surface area (Å²) in [6.07, 6.45) is -4.31. The fourth-order valence-electron chi connectivity index (χ4n) is 1.33. The number of aromatic nitrogens is 2. The van der Waals surface area contributed by atoms with E-state index in [4.69, 9.17) is 0 Å². The summed E-state index contributed by atoms with van der Waals surface area (Å²) in [5.74, 6) is 0. The molecule has 1 N–H and O–H groups in total. The number of nitrogens with one attached hydrogen (secondary N) is 1. The van der Waals surface area contributed by atoms with Crippen LogP contribution in [-0.2, 0) is 18.4 Å². The molecule has 4 nitrogen and oxygen atoms in total. The van der Waals surface area contributed by atoms with E-state index in [1.807, 2.05) is 6.92 Å². The quantitative estimate of drug-likeness (QED) is 0.639. The van der Waals surface area contributed by atoms with E-state index >= 15 is 0 Å². The third-order valence-corrected chi connectivity index (χ3v) is 2.25. The highest BCUT2D eigenvalue weighted by molar-refractivity contribution is 5.23. The number of hydroxylamine groups is 1. The molecule has 92 valence electrons. The maximum absolute atomic E-state index is 11.8. The van der Waals surface area contributed by atoms with Crippen LogP contribution >= 0.6 is 0 Å². The van der Waals surface area contributed by atoms with E-state index in [1.54, 1.807) is 18.7 Å². The Bertz CT molecular complexity index is 360. The van der Waals surface area contributed by atoms with Crippen molar-refractivity contribution in [1.82, 2.24) is 15.3 Å². The van der Waals surface area contributed by atoms with Gasteiger partial charge in [0.2, 0.25) is 0 Å². The molecule has 0 spiro atoms. The highest BCUT2D eigenvalue weighted by atomic mass is 19.4. The smallest absolute Gasteiger partial charge is 0.292 e. The third-order valence-electron chi connectivity index (χ3n) is 2.25. The van der Waals surface area contributed by atoms with E-state index in [0.29, 0.717) is 0 Å². The van der Waals surface area contributed by atoms with Crippen molar-refractivity contribution >= 4 is 0 Å². The Morgan fingerprint density at radius 1 is 1.38 bits per heavy atom. The molecule has 0 fully saturated rings. The molecule has 0 aliphatic rings. The van der Waals surface area contributed by atoms with Gasteiger partial charge < -0.3 is 0 Å². The van der Waals surface area contributed by atoms with Crippen LogP contribution in [0.1, 0.15) is 17.0 Å². The van der Waals surface area contributed by atoms with Gasteiger partial charge in [-0.2, -0.15) is 23.8 Å². The van der Waals surface area contributed by atoms with Crippen LogP contribution in [0, 0.1) is 13.8 Å². The number of aryl methyl sites for hydroxylation is 2. The molecule has 0 saturated heterocycles. The average molecular weight is 237 g/mol. The molecule has 7 heteroatoms. The molecule has 1 aromatic rings. The van der Waals surface area contributed by atoms with Gasteiger partial charge in [-0.15, -0.1) is 0 Å². The van der Waals surface area contributed by atoms with E-state index in [9.17, 15) is 13.2 Å². The minimum atomic E-state index is -4.31. The second kappa shape index (κ2) is 4.84. The number of hydrogen-bond donors (Lipinski definition) is 1. The SMILES string of the molecule is Cc1nn(C)c(C)c1CNOCC(F)(F)F. The molecule has 0 aliphatic heterocycles. The van der Waals surface area contributed by atoms with Gasteiger partial charge in [0.05, 0.1) is 5.69 Å². The molecular formula is C9H14F3N3O. The van der Waals surface area contributed by atoms with Crippen LogP contribution in [-0.4, -0.2) is 22.6 Å². The lowest BCUT2D eigenvalue weighted by Crippen LogP contribution is -2.24. The highest BCUT2D eigenvalue weighted by Gasteiger charge is 2.27. The van der Waals surface area contributed by atoms with E-state index in [2.05, 4.69) is 15.4 Å². The lowest BCUT2D eigenvalue weighted by atomic mass is 10.2. The van der Waals surface area contributed by atoms with Gasteiger partial charge in [0, 0.05) is 24.8 Å². The van der Waals surface area contributed by atoms with E-state index in [-0.39, 0.29) is 6.54 Å². The van der Waals surface area contributed by atoms with Crippen molar-refractivity contribution in [3.05, 3.63) is 17.0 Å². The van der Waals surface area contributed by atoms with Gasteiger partial charge in [0.15, 0.2) is 6.61 Å². The first-order valence-corrected chi connectivity index (χ1v) is 4.71. The van der Waals surface area contributed by atoms with Gasteiger partial charge in [-0.05, 0) is 13.8 Å². The van der Waals surface area contributed by atoms with Crippen LogP contribution < -0.4 is 5.48 Å². The van der Waals surface area contributed by atoms with Gasteiger partial charge in [-0.25, -0.2) is 0 Å². The van der Waals surface area contributed by atoms with Crippen molar-refractivity contribution in [2.45, 2.75) is 26.6 Å². The minimum absolute atomic E-state index is 0.210. The van der Waals surface area contributed by atoms with Crippen LogP contribution in [0.3, 0.4) is 0 Å². The second-order valence-electron chi connectivity index (χ2n) is 3.50. The number of rotatable bonds is 4. The Morgan fingerprint density at radius 2 is 2.00 bits per heavy atom. The molecule has 0 atom stereocenters. The molecule has 1 aromatic heterocycles. The minimum Gasteiger partial charge on any atom is -0.292 e. The summed E-state index contributed by atoms with van der Waals surface area (Å²) in [6, 6.07) is 0. The molecule has 0 aliphatic carbocycles. The first kappa shape index (κ1) is 13.0. The molecule has 16 heavy (non-hydrogen) atoms. The predicted molar refractivity (Wildman–Crippen MR) is 51.5 cm³/mol. The summed E-state index contributed by atoms with van der Waals surface area (Å²) in [7, 11) is 1.78. The Kier molecular flexibility index (Phi) is 3.93. The fraction of sp³-hybridized carbons (Fsp3) is 0.667. The highest BCUT2D eigenvalue weighted by Crippen LogP contribution is 2.14. The van der Waals surface area contributed by atoms with Gasteiger partial charge >= 0.3 is 6.18 Å². The standard InChI is InChI=1S/C9H14F3N3O/c1-6-8(7(2)15(3)14-6)4-13-16-5-9(10,11)12/h13H,4-5H2,1-3H3. The van der Waals surface area contributed by atoms with Gasteiger partial charge in [-0.1, -0.05) is 0 Å². The zero-order valence-corrected chi connectivity index (χ0v) is 9.35. The van der Waals surface area contributed by atoms with Crippen LogP contribution in [0.15, 0.2) is 0 Å². The van der Waals surface area contributed by atoms with Crippen molar-refractivity contribution < 1.29 is 18.0 Å². The molecular weight excluding hydrogens is 223 g/mol. The van der Waals surface area contributed by atoms with Crippen molar-refractivity contribution in [1.29, 1.82) is 0 Å². The van der Waals surface area contributed by atoms with Gasteiger partial charge in [0.1, 0.15) is 0 Å². The first-order valence-electron chi connectivity index (χ1n) is 4.71. The Labute approximate surface area is 91.3 Å². The second-order valence-corrected chi connectivity index (χ2v) is 3.50. The zero-order chi connectivity index (χ0) is 12.3. The van der Waals surface area contributed by atoms with Crippen molar-refractivity contribution in [2.24, 2.45) is 7.05 Å². The molecule has 0 aromatic carbocycles. The Hall–Kier alpha value is -1.08. The van der Waals surface area contributed by atoms with Crippen molar-refractivity contribution in [2.75, 3.05) is 6.61 Å². The summed E-state index contributed by atoms with van der Waals surface area (Å²) < 4.78 is 37.0. The molecule has 1 rings (SSSR count). The molecule has 0 radical (unpaired) electrons. The molecule has 0 unspecified atom stereocenters. The molecule has 0 saturated carbocycles. The number of hydrogen-bond acceptors (Lipinski definition) is 3. The van der Waals surface area contributed by atoms with Crippen molar-refractivity contribution in [3.8, 4) is 0 Å². The lowest BCUT2D eigenvalue weighted by Gasteiger charge is -2.08. The normalized spacial score (nSPS) is 12.1. The van der Waals surface area contributed by atoms with Crippen molar-refractivity contribution in [3.63, 3.8) is 0 Å². The molecule has 0 bridgehead atoms. The summed E-state index contributed by atoms with van der Waals surface area (Å²) in [6.45, 7) is 2.56. The number of alkyl halides is 3. The summed E-state index contributed by atoms with van der Waals surface area (Å²) >= 11 is 0. The number of halogens is 3. The van der Waals surface area contributed by atoms with Crippen LogP contribution in [0.2, 0.25) is 0 Å². The maximum Gasteiger partial charge on any atom is 0.413 e. The predicted octanol–water partition coefficient (Wildman–Crippen LogP) is 1.62.